The highest BCUT2D eigenvalue weighted by atomic mass is 32.1. The van der Waals surface area contributed by atoms with Crippen molar-refractivity contribution < 1.29 is 0 Å². The summed E-state index contributed by atoms with van der Waals surface area (Å²) in [5.41, 5.74) is 8.04. The fourth-order valence-electron chi connectivity index (χ4n) is 6.82. The second-order valence-electron chi connectivity index (χ2n) is 11.7. The molecule has 0 saturated carbocycles. The van der Waals surface area contributed by atoms with Gasteiger partial charge in [0.15, 0.2) is 0 Å². The van der Waals surface area contributed by atoms with Crippen LogP contribution in [-0.2, 0) is 5.41 Å². The van der Waals surface area contributed by atoms with E-state index in [0.29, 0.717) is 0 Å². The maximum absolute atomic E-state index is 4.75. The summed E-state index contributed by atoms with van der Waals surface area (Å²) in [6, 6.07) is 9.67. The van der Waals surface area contributed by atoms with Crippen LogP contribution < -0.4 is 0 Å². The van der Waals surface area contributed by atoms with E-state index in [9.17, 15) is 0 Å². The molecule has 0 spiro atoms. The molecule has 5 heteroatoms. The first-order chi connectivity index (χ1) is 18.4. The lowest BCUT2D eigenvalue weighted by molar-refractivity contribution is 0.266. The summed E-state index contributed by atoms with van der Waals surface area (Å²) in [6.07, 6.45) is 13.1. The molecule has 228 valence electrons. The molecule has 41 heavy (non-hydrogen) atoms. The summed E-state index contributed by atoms with van der Waals surface area (Å²) < 4.78 is 9.38. The predicted octanol–water partition coefficient (Wildman–Crippen LogP) is 13.5. The summed E-state index contributed by atoms with van der Waals surface area (Å²) in [4.78, 5) is 5.94. The lowest BCUT2D eigenvalue weighted by atomic mass is 9.65. The van der Waals surface area contributed by atoms with E-state index in [2.05, 4.69) is 70.2 Å². The normalized spacial score (nSPS) is 16.8. The Kier molecular flexibility index (Phi) is 13.3. The zero-order chi connectivity index (χ0) is 26.9. The lowest BCUT2D eigenvalue weighted by Crippen LogP contribution is -2.31. The molecule has 1 aliphatic rings. The van der Waals surface area contributed by atoms with E-state index >= 15 is 0 Å². The third kappa shape index (κ3) is 6.68. The Bertz CT molecular complexity index is 1360. The summed E-state index contributed by atoms with van der Waals surface area (Å²) in [7, 11) is 0. The Morgan fingerprint density at radius 1 is 0.732 bits per heavy atom. The molecule has 3 heterocycles. The van der Waals surface area contributed by atoms with Crippen molar-refractivity contribution in [3.63, 3.8) is 0 Å². The predicted molar refractivity (Wildman–Crippen MR) is 190 cm³/mol. The van der Waals surface area contributed by atoms with Crippen LogP contribution in [-0.4, -0.2) is 8.75 Å². The maximum Gasteiger partial charge on any atom is 0.113 e. The average Bonchev–Trinajstić information content (AvgIpc) is 3.69. The molecule has 3 aromatic heterocycles. The van der Waals surface area contributed by atoms with Gasteiger partial charge in [0.1, 0.15) is 11.0 Å². The van der Waals surface area contributed by atoms with Crippen LogP contribution in [0.25, 0.3) is 31.2 Å². The summed E-state index contributed by atoms with van der Waals surface area (Å²) in [5, 5.41) is 0. The lowest BCUT2D eigenvalue weighted by Gasteiger charge is -2.37. The first-order valence-corrected chi connectivity index (χ1v) is 17.3. The number of aromatic nitrogens is 2. The highest BCUT2D eigenvalue weighted by molar-refractivity contribution is 7.24. The van der Waals surface area contributed by atoms with Gasteiger partial charge in [0.05, 0.1) is 11.7 Å². The molecule has 2 unspecified atom stereocenters. The van der Waals surface area contributed by atoms with Gasteiger partial charge in [0.25, 0.3) is 0 Å². The van der Waals surface area contributed by atoms with Crippen molar-refractivity contribution in [2.45, 2.75) is 133 Å². The molecule has 0 bridgehead atoms. The van der Waals surface area contributed by atoms with Gasteiger partial charge in [-0.05, 0) is 67.3 Å². The van der Waals surface area contributed by atoms with Crippen LogP contribution in [0.2, 0.25) is 0 Å². The van der Waals surface area contributed by atoms with Gasteiger partial charge in [-0.25, -0.2) is 0 Å². The molecule has 0 aliphatic heterocycles. The molecule has 2 nitrogen and oxygen atoms in total. The number of unbranched alkanes of at least 4 members (excludes halogenated alkanes) is 2. The average molecular weight is 613 g/mol. The van der Waals surface area contributed by atoms with Gasteiger partial charge in [0, 0.05) is 30.5 Å². The van der Waals surface area contributed by atoms with Crippen LogP contribution >= 0.6 is 34.4 Å². The van der Waals surface area contributed by atoms with Crippen LogP contribution in [0.1, 0.15) is 136 Å². The molecule has 1 aromatic carbocycles. The van der Waals surface area contributed by atoms with Crippen LogP contribution in [0, 0.1) is 25.7 Å². The smallest absolute Gasteiger partial charge is 0.113 e. The largest absolute Gasteiger partial charge is 0.173 e. The van der Waals surface area contributed by atoms with Crippen molar-refractivity contribution in [3.8, 4) is 20.2 Å². The Morgan fingerprint density at radius 2 is 1.29 bits per heavy atom. The maximum atomic E-state index is 4.75. The monoisotopic (exact) mass is 612 g/mol. The Hall–Kier alpha value is -1.56. The molecular formula is C36H56N2S3. The van der Waals surface area contributed by atoms with Crippen molar-refractivity contribution in [2.75, 3.05) is 0 Å². The standard InChI is InChI=1S/C33H44N2S3.3CH4/c1-7-11-13-23(9-3)19-33(20-24(10-4)14-12-8-2)26-17-22(6)36-31(26)32-27(33)18-28(37-32)25-16-15-21(5)29-30(25)35-38-34-29;;;/h15-18,23-24H,7-14,19-20H2,1-6H3;3*1H4. The third-order valence-corrected chi connectivity index (χ3v) is 12.0. The molecule has 4 aromatic rings. The minimum atomic E-state index is 0. The van der Waals surface area contributed by atoms with E-state index in [1.807, 2.05) is 22.7 Å². The van der Waals surface area contributed by atoms with Crippen LogP contribution in [0.15, 0.2) is 24.3 Å². The molecular weight excluding hydrogens is 557 g/mol. The number of rotatable bonds is 13. The number of fused-ring (bicyclic) bond motifs is 4. The zero-order valence-electron chi connectivity index (χ0n) is 24.2. The molecule has 0 amide bonds. The highest BCUT2D eigenvalue weighted by Crippen LogP contribution is 2.62. The molecule has 0 radical (unpaired) electrons. The van der Waals surface area contributed by atoms with E-state index in [1.165, 1.54) is 96.8 Å². The number of hydrogen-bond donors (Lipinski definition) is 0. The van der Waals surface area contributed by atoms with E-state index in [1.54, 1.807) is 20.9 Å². The minimum absolute atomic E-state index is 0. The highest BCUT2D eigenvalue weighted by Gasteiger charge is 2.47. The molecule has 5 rings (SSSR count). The fraction of sp³-hybridized carbons (Fsp3) is 0.611. The third-order valence-electron chi connectivity index (χ3n) is 9.07. The summed E-state index contributed by atoms with van der Waals surface area (Å²) in [6.45, 7) is 14.0. The fourth-order valence-corrected chi connectivity index (χ4v) is 9.99. The number of thiophene rings is 2. The minimum Gasteiger partial charge on any atom is -0.173 e. The van der Waals surface area contributed by atoms with Crippen molar-refractivity contribution in [1.82, 2.24) is 8.75 Å². The van der Waals surface area contributed by atoms with Crippen molar-refractivity contribution in [3.05, 3.63) is 45.8 Å². The topological polar surface area (TPSA) is 25.8 Å². The van der Waals surface area contributed by atoms with Crippen molar-refractivity contribution >= 4 is 45.4 Å². The SMILES string of the molecule is C.C.C.CCCCC(CC)CC1(CC(CC)CCCC)c2cc(C)sc2-c2sc(-c3ccc(C)c4nsnc34)cc21. The van der Waals surface area contributed by atoms with Gasteiger partial charge >= 0.3 is 0 Å². The quantitative estimate of drug-likeness (QED) is 0.150. The van der Waals surface area contributed by atoms with Crippen LogP contribution in [0.5, 0.6) is 0 Å². The second kappa shape index (κ2) is 15.3. The van der Waals surface area contributed by atoms with Crippen molar-refractivity contribution in [2.24, 2.45) is 11.8 Å². The summed E-state index contributed by atoms with van der Waals surface area (Å²) >= 11 is 5.38. The second-order valence-corrected chi connectivity index (χ2v) is 14.5. The van der Waals surface area contributed by atoms with Crippen LogP contribution in [0.4, 0.5) is 0 Å². The van der Waals surface area contributed by atoms with Gasteiger partial charge in [-0.2, -0.15) is 8.75 Å². The van der Waals surface area contributed by atoms with E-state index in [4.69, 9.17) is 4.37 Å². The Labute approximate surface area is 264 Å². The number of aryl methyl sites for hydroxylation is 2. The molecule has 0 fully saturated rings. The van der Waals surface area contributed by atoms with E-state index in [-0.39, 0.29) is 27.7 Å². The van der Waals surface area contributed by atoms with Gasteiger partial charge < -0.3 is 0 Å². The molecule has 0 saturated heterocycles. The van der Waals surface area contributed by atoms with E-state index < -0.39 is 0 Å². The van der Waals surface area contributed by atoms with Crippen LogP contribution in [0.3, 0.4) is 0 Å². The Balaban J connectivity index is 0.00000196. The zero-order valence-corrected chi connectivity index (χ0v) is 26.6. The van der Waals surface area contributed by atoms with Gasteiger partial charge in [-0.1, -0.05) is 113 Å². The van der Waals surface area contributed by atoms with E-state index in [0.717, 1.165) is 22.9 Å². The van der Waals surface area contributed by atoms with Gasteiger partial charge in [0.2, 0.25) is 0 Å². The first-order valence-electron chi connectivity index (χ1n) is 14.9. The van der Waals surface area contributed by atoms with Gasteiger partial charge in [-0.3, -0.25) is 0 Å². The molecule has 1 aliphatic carbocycles. The Morgan fingerprint density at radius 3 is 1.88 bits per heavy atom. The summed E-state index contributed by atoms with van der Waals surface area (Å²) in [5.74, 6) is 1.55. The molecule has 2 atom stereocenters. The first kappa shape index (κ1) is 35.6. The number of benzene rings is 1. The molecule has 0 N–H and O–H groups in total. The number of nitrogens with zero attached hydrogens (tertiary/aromatic N) is 2. The van der Waals surface area contributed by atoms with Crippen molar-refractivity contribution in [1.29, 1.82) is 0 Å². The van der Waals surface area contributed by atoms with Gasteiger partial charge in [-0.15, -0.1) is 22.7 Å². The number of hydrogen-bond acceptors (Lipinski definition) is 5.